The van der Waals surface area contributed by atoms with Crippen LogP contribution in [0.25, 0.3) is 0 Å². The summed E-state index contributed by atoms with van der Waals surface area (Å²) in [5, 5.41) is 0. The highest BCUT2D eigenvalue weighted by molar-refractivity contribution is 5.88. The van der Waals surface area contributed by atoms with Crippen LogP contribution in [0.3, 0.4) is 0 Å². The van der Waals surface area contributed by atoms with Crippen molar-refractivity contribution in [1.29, 1.82) is 0 Å². The lowest BCUT2D eigenvalue weighted by atomic mass is 9.94. The van der Waals surface area contributed by atoms with E-state index in [1.165, 1.54) is 7.11 Å². The largest absolute Gasteiger partial charge is 0.488 e. The molecule has 4 rings (SSSR count). The number of carbonyl (C=O) groups excluding carboxylic acids is 1. The minimum Gasteiger partial charge on any atom is -0.488 e. The fraction of sp³-hybridized carbons (Fsp3) is 0.240. The molecular weight excluding hydrogens is 364 g/mol. The summed E-state index contributed by atoms with van der Waals surface area (Å²) in [5.41, 5.74) is 2.24. The monoisotopic (exact) mass is 388 g/mol. The van der Waals surface area contributed by atoms with Gasteiger partial charge in [0.25, 0.3) is 0 Å². The van der Waals surface area contributed by atoms with Gasteiger partial charge in [-0.2, -0.15) is 0 Å². The van der Waals surface area contributed by atoms with Crippen LogP contribution >= 0.6 is 0 Å². The lowest BCUT2D eigenvalue weighted by Crippen LogP contribution is -2.23. The van der Waals surface area contributed by atoms with E-state index in [2.05, 4.69) is 0 Å². The summed E-state index contributed by atoms with van der Waals surface area (Å²) >= 11 is 0. The molecule has 1 aliphatic carbocycles. The average Bonchev–Trinajstić information content (AvgIpc) is 3.59. The molecule has 4 heteroatoms. The van der Waals surface area contributed by atoms with E-state index in [4.69, 9.17) is 14.2 Å². The van der Waals surface area contributed by atoms with Gasteiger partial charge in [0, 0.05) is 0 Å². The first kappa shape index (κ1) is 19.1. The van der Waals surface area contributed by atoms with E-state index in [0.29, 0.717) is 24.7 Å². The Bertz CT molecular complexity index is 901. The zero-order valence-corrected chi connectivity index (χ0v) is 16.5. The van der Waals surface area contributed by atoms with Crippen LogP contribution < -0.4 is 9.47 Å². The summed E-state index contributed by atoms with van der Waals surface area (Å²) in [6.45, 7) is 0.848. The van der Waals surface area contributed by atoms with E-state index in [-0.39, 0.29) is 5.97 Å². The van der Waals surface area contributed by atoms with Crippen molar-refractivity contribution < 1.29 is 19.0 Å². The summed E-state index contributed by atoms with van der Waals surface area (Å²) < 4.78 is 17.4. The van der Waals surface area contributed by atoms with E-state index in [0.717, 1.165) is 29.5 Å². The van der Waals surface area contributed by atoms with Crippen molar-refractivity contribution >= 4 is 5.97 Å². The molecule has 1 saturated carbocycles. The summed E-state index contributed by atoms with van der Waals surface area (Å²) in [7, 11) is 1.43. The van der Waals surface area contributed by atoms with E-state index in [1.807, 2.05) is 78.9 Å². The van der Waals surface area contributed by atoms with Crippen molar-refractivity contribution in [3.05, 3.63) is 95.6 Å². The van der Waals surface area contributed by atoms with Gasteiger partial charge in [-0.25, -0.2) is 0 Å². The second-order valence-electron chi connectivity index (χ2n) is 7.25. The Morgan fingerprint density at radius 3 is 1.66 bits per heavy atom. The minimum atomic E-state index is -0.686. The lowest BCUT2D eigenvalue weighted by molar-refractivity contribution is -0.143. The number of benzene rings is 3. The molecular formula is C25H24O4. The Morgan fingerprint density at radius 2 is 1.24 bits per heavy atom. The van der Waals surface area contributed by atoms with E-state index in [1.54, 1.807) is 0 Å². The Hall–Kier alpha value is -3.27. The smallest absolute Gasteiger partial charge is 0.316 e. The normalized spacial score (nSPS) is 14.1. The van der Waals surface area contributed by atoms with Gasteiger partial charge in [-0.1, -0.05) is 66.7 Å². The number of ether oxygens (including phenoxy) is 3. The molecule has 0 atom stereocenters. The molecule has 0 saturated heterocycles. The molecule has 3 aromatic carbocycles. The van der Waals surface area contributed by atoms with Gasteiger partial charge >= 0.3 is 5.97 Å². The Balaban J connectivity index is 1.64. The summed E-state index contributed by atoms with van der Waals surface area (Å²) in [4.78, 5) is 12.6. The number of hydrogen-bond donors (Lipinski definition) is 0. The first-order valence-electron chi connectivity index (χ1n) is 9.78. The number of methoxy groups -OCH3 is 1. The fourth-order valence-electron chi connectivity index (χ4n) is 3.57. The van der Waals surface area contributed by atoms with Crippen LogP contribution in [0.1, 0.15) is 29.5 Å². The maximum Gasteiger partial charge on any atom is 0.316 e. The lowest BCUT2D eigenvalue weighted by Gasteiger charge is -2.22. The summed E-state index contributed by atoms with van der Waals surface area (Å²) in [6, 6.07) is 25.6. The number of carbonyl (C=O) groups is 1. The number of rotatable bonds is 8. The third kappa shape index (κ3) is 4.11. The number of hydrogen-bond acceptors (Lipinski definition) is 4. The van der Waals surface area contributed by atoms with Gasteiger partial charge in [0.1, 0.15) is 30.1 Å². The van der Waals surface area contributed by atoms with Gasteiger partial charge in [0.05, 0.1) is 12.7 Å². The second kappa shape index (κ2) is 8.39. The van der Waals surface area contributed by atoms with Crippen LogP contribution in [0.5, 0.6) is 11.5 Å². The molecule has 0 unspecified atom stereocenters. The van der Waals surface area contributed by atoms with E-state index >= 15 is 0 Å². The molecule has 0 aromatic heterocycles. The average molecular weight is 388 g/mol. The maximum absolute atomic E-state index is 12.6. The van der Waals surface area contributed by atoms with E-state index < -0.39 is 5.41 Å². The van der Waals surface area contributed by atoms with Gasteiger partial charge in [0.15, 0.2) is 0 Å². The van der Waals surface area contributed by atoms with Crippen LogP contribution in [0.2, 0.25) is 0 Å². The Labute approximate surface area is 171 Å². The quantitative estimate of drug-likeness (QED) is 0.507. The molecule has 4 nitrogen and oxygen atoms in total. The topological polar surface area (TPSA) is 44.8 Å². The third-order valence-electron chi connectivity index (χ3n) is 5.27. The van der Waals surface area contributed by atoms with Crippen LogP contribution in [0.4, 0.5) is 0 Å². The SMILES string of the molecule is COC(=O)C1(c2c(OCc3ccccc3)cccc2OCc2ccccc2)CC1. The van der Waals surface area contributed by atoms with Crippen LogP contribution in [-0.4, -0.2) is 13.1 Å². The molecule has 1 aliphatic rings. The zero-order valence-electron chi connectivity index (χ0n) is 16.5. The van der Waals surface area contributed by atoms with Crippen molar-refractivity contribution in [1.82, 2.24) is 0 Å². The van der Waals surface area contributed by atoms with E-state index in [9.17, 15) is 4.79 Å². The fourth-order valence-corrected chi connectivity index (χ4v) is 3.57. The van der Waals surface area contributed by atoms with Gasteiger partial charge in [-0.3, -0.25) is 4.79 Å². The molecule has 0 heterocycles. The predicted octanol–water partition coefficient (Wildman–Crippen LogP) is 5.05. The number of esters is 1. The Kier molecular flexibility index (Phi) is 5.52. The van der Waals surface area contributed by atoms with Crippen molar-refractivity contribution in [3.8, 4) is 11.5 Å². The molecule has 3 aromatic rings. The van der Waals surface area contributed by atoms with Gasteiger partial charge in [0.2, 0.25) is 0 Å². The molecule has 29 heavy (non-hydrogen) atoms. The van der Waals surface area contributed by atoms with Crippen molar-refractivity contribution in [2.75, 3.05) is 7.11 Å². The highest BCUT2D eigenvalue weighted by Crippen LogP contribution is 2.55. The third-order valence-corrected chi connectivity index (χ3v) is 5.27. The molecule has 0 N–H and O–H groups in total. The zero-order chi connectivity index (χ0) is 20.1. The highest BCUT2D eigenvalue weighted by Gasteiger charge is 2.56. The van der Waals surface area contributed by atoms with Gasteiger partial charge in [-0.15, -0.1) is 0 Å². The van der Waals surface area contributed by atoms with Crippen LogP contribution in [0.15, 0.2) is 78.9 Å². The van der Waals surface area contributed by atoms with Crippen molar-refractivity contribution in [2.24, 2.45) is 0 Å². The molecule has 0 aliphatic heterocycles. The molecule has 0 amide bonds. The molecule has 1 fully saturated rings. The predicted molar refractivity (Wildman–Crippen MR) is 111 cm³/mol. The van der Waals surface area contributed by atoms with Gasteiger partial charge in [-0.05, 0) is 36.1 Å². The molecule has 0 radical (unpaired) electrons. The van der Waals surface area contributed by atoms with Crippen molar-refractivity contribution in [3.63, 3.8) is 0 Å². The van der Waals surface area contributed by atoms with Crippen LogP contribution in [-0.2, 0) is 28.2 Å². The summed E-state index contributed by atoms with van der Waals surface area (Å²) in [6.07, 6.45) is 1.46. The first-order chi connectivity index (χ1) is 14.2. The van der Waals surface area contributed by atoms with Crippen LogP contribution in [0, 0.1) is 0 Å². The first-order valence-corrected chi connectivity index (χ1v) is 9.78. The Morgan fingerprint density at radius 1 is 0.759 bits per heavy atom. The highest BCUT2D eigenvalue weighted by atomic mass is 16.5. The minimum absolute atomic E-state index is 0.238. The summed E-state index contributed by atoms with van der Waals surface area (Å²) in [5.74, 6) is 1.10. The standard InChI is InChI=1S/C25H24O4/c1-27-24(26)25(15-16-25)23-21(28-17-19-9-4-2-5-10-19)13-8-14-22(23)29-18-20-11-6-3-7-12-20/h2-14H,15-18H2,1H3. The maximum atomic E-state index is 12.6. The molecule has 0 bridgehead atoms. The molecule has 0 spiro atoms. The second-order valence-corrected chi connectivity index (χ2v) is 7.25. The van der Waals surface area contributed by atoms with Crippen molar-refractivity contribution in [2.45, 2.75) is 31.5 Å². The van der Waals surface area contributed by atoms with Gasteiger partial charge < -0.3 is 14.2 Å². The molecule has 148 valence electrons.